The van der Waals surface area contributed by atoms with Crippen LogP contribution in [0.1, 0.15) is 31.7 Å². The van der Waals surface area contributed by atoms with Crippen LogP contribution in [0.5, 0.6) is 0 Å². The number of rotatable bonds is 7. The van der Waals surface area contributed by atoms with Crippen LogP contribution < -0.4 is 0 Å². The van der Waals surface area contributed by atoms with Crippen LogP contribution in [0.2, 0.25) is 0 Å². The van der Waals surface area contributed by atoms with Gasteiger partial charge in [-0.3, -0.25) is 0 Å². The van der Waals surface area contributed by atoms with Crippen LogP contribution in [-0.2, 0) is 15.9 Å². The maximum Gasteiger partial charge on any atom is 0.245 e. The van der Waals surface area contributed by atoms with Gasteiger partial charge in [0.05, 0.1) is 0 Å². The largest absolute Gasteiger partial charge is 0.245 e. The first kappa shape index (κ1) is 16.4. The Morgan fingerprint density at radius 1 is 1.32 bits per heavy atom. The highest BCUT2D eigenvalue weighted by atomic mass is 35.5. The van der Waals surface area contributed by atoms with Gasteiger partial charge in [-0.25, -0.2) is 17.1 Å². The van der Waals surface area contributed by atoms with Crippen molar-refractivity contribution in [1.82, 2.24) is 4.31 Å². The highest BCUT2D eigenvalue weighted by Gasteiger charge is 2.24. The Morgan fingerprint density at radius 2 is 2.00 bits per heavy atom. The molecule has 6 heteroatoms. The predicted octanol–water partition coefficient (Wildman–Crippen LogP) is 3.38. The summed E-state index contributed by atoms with van der Waals surface area (Å²) in [7, 11) is -2.31. The van der Waals surface area contributed by atoms with Crippen LogP contribution in [0.25, 0.3) is 0 Å². The van der Waals surface area contributed by atoms with Crippen molar-refractivity contribution < 1.29 is 12.8 Å². The molecule has 0 heterocycles. The number of benzene rings is 1. The van der Waals surface area contributed by atoms with E-state index < -0.39 is 15.8 Å². The highest BCUT2D eigenvalue weighted by Crippen LogP contribution is 2.21. The fourth-order valence-corrected chi connectivity index (χ4v) is 3.19. The third kappa shape index (κ3) is 4.16. The van der Waals surface area contributed by atoms with Crippen molar-refractivity contribution >= 4 is 21.6 Å². The quantitative estimate of drug-likeness (QED) is 0.572. The molecule has 0 fully saturated rings. The lowest BCUT2D eigenvalue weighted by atomic mass is 10.2. The van der Waals surface area contributed by atoms with Gasteiger partial charge in [-0.15, -0.1) is 11.6 Å². The number of nitrogens with zero attached hydrogens (tertiary/aromatic N) is 1. The summed E-state index contributed by atoms with van der Waals surface area (Å²) in [5.41, 5.74) is 0.587. The monoisotopic (exact) mass is 307 g/mol. The molecule has 1 aromatic carbocycles. The summed E-state index contributed by atoms with van der Waals surface area (Å²) < 4.78 is 39.4. The first-order valence-corrected chi connectivity index (χ1v) is 8.21. The maximum absolute atomic E-state index is 13.7. The molecule has 0 amide bonds. The molecule has 1 aromatic rings. The molecule has 0 unspecified atom stereocenters. The lowest BCUT2D eigenvalue weighted by molar-refractivity contribution is 0.449. The SMILES string of the molecule is CCCCCN(C)S(=O)(=O)c1cc(CCl)ccc1F. The van der Waals surface area contributed by atoms with E-state index >= 15 is 0 Å². The van der Waals surface area contributed by atoms with E-state index in [1.165, 1.54) is 23.5 Å². The maximum atomic E-state index is 13.7. The molecule has 19 heavy (non-hydrogen) atoms. The molecule has 0 aliphatic rings. The Kier molecular flexibility index (Phi) is 6.23. The van der Waals surface area contributed by atoms with Crippen molar-refractivity contribution in [3.8, 4) is 0 Å². The van der Waals surface area contributed by atoms with Crippen molar-refractivity contribution in [2.45, 2.75) is 37.0 Å². The molecule has 108 valence electrons. The minimum absolute atomic E-state index is 0.155. The minimum Gasteiger partial charge on any atom is -0.207 e. The second-order valence-electron chi connectivity index (χ2n) is 4.43. The van der Waals surface area contributed by atoms with E-state index in [4.69, 9.17) is 11.6 Å². The first-order chi connectivity index (χ1) is 8.93. The second kappa shape index (κ2) is 7.22. The fourth-order valence-electron chi connectivity index (χ4n) is 1.70. The van der Waals surface area contributed by atoms with E-state index in [0.717, 1.165) is 25.3 Å². The van der Waals surface area contributed by atoms with Gasteiger partial charge in [-0.1, -0.05) is 25.8 Å². The van der Waals surface area contributed by atoms with Crippen LogP contribution >= 0.6 is 11.6 Å². The van der Waals surface area contributed by atoms with Crippen LogP contribution in [0.15, 0.2) is 23.1 Å². The number of hydrogen-bond acceptors (Lipinski definition) is 2. The van der Waals surface area contributed by atoms with Crippen LogP contribution in [-0.4, -0.2) is 26.3 Å². The summed E-state index contributed by atoms with van der Waals surface area (Å²) in [4.78, 5) is -0.301. The Labute approximate surface area is 119 Å². The van der Waals surface area contributed by atoms with Gasteiger partial charge in [0.2, 0.25) is 10.0 Å². The summed E-state index contributed by atoms with van der Waals surface area (Å²) in [6, 6.07) is 3.93. The molecule has 1 rings (SSSR count). The Hall–Kier alpha value is -0.650. The summed E-state index contributed by atoms with van der Waals surface area (Å²) in [5.74, 6) is -0.585. The number of halogens is 2. The van der Waals surface area contributed by atoms with Crippen molar-refractivity contribution in [3.63, 3.8) is 0 Å². The van der Waals surface area contributed by atoms with Gasteiger partial charge < -0.3 is 0 Å². The molecule has 0 radical (unpaired) electrons. The van der Waals surface area contributed by atoms with Crippen LogP contribution in [0.3, 0.4) is 0 Å². The number of sulfonamides is 1. The molecule has 0 atom stereocenters. The van der Waals surface area contributed by atoms with Gasteiger partial charge in [0.1, 0.15) is 10.7 Å². The molecule has 0 aliphatic heterocycles. The van der Waals surface area contributed by atoms with Gasteiger partial charge in [0.15, 0.2) is 0 Å². The minimum atomic E-state index is -3.78. The Bertz CT molecular complexity index is 519. The zero-order valence-electron chi connectivity index (χ0n) is 11.2. The fraction of sp³-hybridized carbons (Fsp3) is 0.538. The smallest absolute Gasteiger partial charge is 0.207 e. The molecule has 3 nitrogen and oxygen atoms in total. The van der Waals surface area contributed by atoms with Crippen molar-refractivity contribution in [2.75, 3.05) is 13.6 Å². The number of hydrogen-bond donors (Lipinski definition) is 0. The molecule has 0 N–H and O–H groups in total. The molecular formula is C13H19ClFNO2S. The van der Waals surface area contributed by atoms with E-state index in [9.17, 15) is 12.8 Å². The lowest BCUT2D eigenvalue weighted by Crippen LogP contribution is -2.28. The summed E-state index contributed by atoms with van der Waals surface area (Å²) in [5, 5.41) is 0. The number of unbranched alkanes of at least 4 members (excludes halogenated alkanes) is 2. The van der Waals surface area contributed by atoms with E-state index in [1.807, 2.05) is 6.92 Å². The third-order valence-corrected chi connectivity index (χ3v) is 5.10. The third-order valence-electron chi connectivity index (χ3n) is 2.91. The van der Waals surface area contributed by atoms with E-state index in [1.54, 1.807) is 0 Å². The van der Waals surface area contributed by atoms with Crippen molar-refractivity contribution in [2.24, 2.45) is 0 Å². The Morgan fingerprint density at radius 3 is 2.58 bits per heavy atom. The second-order valence-corrected chi connectivity index (χ2v) is 6.71. The topological polar surface area (TPSA) is 37.4 Å². The zero-order chi connectivity index (χ0) is 14.5. The van der Waals surface area contributed by atoms with Crippen LogP contribution in [0, 0.1) is 5.82 Å². The molecule has 0 bridgehead atoms. The standard InChI is InChI=1S/C13H19ClFNO2S/c1-3-4-5-8-16(2)19(17,18)13-9-11(10-14)6-7-12(13)15/h6-7,9H,3-5,8,10H2,1-2H3. The predicted molar refractivity (Wildman–Crippen MR) is 75.3 cm³/mol. The molecular weight excluding hydrogens is 289 g/mol. The molecule has 0 aliphatic carbocycles. The summed E-state index contributed by atoms with van der Waals surface area (Å²) in [6.07, 6.45) is 2.72. The Balaban J connectivity index is 2.99. The molecule has 0 spiro atoms. The van der Waals surface area contributed by atoms with E-state index in [2.05, 4.69) is 0 Å². The average molecular weight is 308 g/mol. The lowest BCUT2D eigenvalue weighted by Gasteiger charge is -2.17. The summed E-state index contributed by atoms with van der Waals surface area (Å²) in [6.45, 7) is 2.43. The van der Waals surface area contributed by atoms with E-state index in [0.29, 0.717) is 12.1 Å². The van der Waals surface area contributed by atoms with Crippen LogP contribution in [0.4, 0.5) is 4.39 Å². The average Bonchev–Trinajstić information content (AvgIpc) is 2.39. The molecule has 0 aromatic heterocycles. The van der Waals surface area contributed by atoms with Gasteiger partial charge in [-0.2, -0.15) is 0 Å². The highest BCUT2D eigenvalue weighted by molar-refractivity contribution is 7.89. The van der Waals surface area contributed by atoms with Crippen molar-refractivity contribution in [3.05, 3.63) is 29.6 Å². The zero-order valence-corrected chi connectivity index (χ0v) is 12.8. The van der Waals surface area contributed by atoms with Gasteiger partial charge in [-0.05, 0) is 24.1 Å². The van der Waals surface area contributed by atoms with Gasteiger partial charge in [0.25, 0.3) is 0 Å². The normalized spacial score (nSPS) is 12.1. The molecule has 0 saturated carbocycles. The van der Waals surface area contributed by atoms with Gasteiger partial charge >= 0.3 is 0 Å². The number of alkyl halides is 1. The first-order valence-electron chi connectivity index (χ1n) is 6.24. The van der Waals surface area contributed by atoms with E-state index in [-0.39, 0.29) is 10.8 Å². The molecule has 0 saturated heterocycles. The van der Waals surface area contributed by atoms with Gasteiger partial charge in [0, 0.05) is 19.5 Å². The van der Waals surface area contributed by atoms with Crippen molar-refractivity contribution in [1.29, 1.82) is 0 Å². The summed E-state index contributed by atoms with van der Waals surface area (Å²) >= 11 is 5.65.